The fourth-order valence-corrected chi connectivity index (χ4v) is 4.25. The minimum Gasteiger partial charge on any atom is -0.348 e. The van der Waals surface area contributed by atoms with Gasteiger partial charge >= 0.3 is 6.18 Å². The van der Waals surface area contributed by atoms with Crippen LogP contribution in [0.5, 0.6) is 0 Å². The van der Waals surface area contributed by atoms with Gasteiger partial charge in [-0.15, -0.1) is 0 Å². The molecule has 2 aromatic carbocycles. The molecule has 2 rings (SSSR count). The van der Waals surface area contributed by atoms with Gasteiger partial charge in [0.2, 0.25) is 15.9 Å². The second-order valence-corrected chi connectivity index (χ2v) is 9.22. The Morgan fingerprint density at radius 2 is 1.67 bits per heavy atom. The summed E-state index contributed by atoms with van der Waals surface area (Å²) in [5.74, 6) is -0.622. The molecule has 0 aromatic heterocycles. The van der Waals surface area contributed by atoms with Gasteiger partial charge in [0.25, 0.3) is 0 Å². The summed E-state index contributed by atoms with van der Waals surface area (Å²) in [5.41, 5.74) is 1.75. The Hall–Kier alpha value is -2.55. The highest BCUT2D eigenvalue weighted by molar-refractivity contribution is 7.92. The molecule has 0 spiro atoms. The van der Waals surface area contributed by atoms with Crippen molar-refractivity contribution in [2.75, 3.05) is 10.6 Å². The highest BCUT2D eigenvalue weighted by Crippen LogP contribution is 2.33. The van der Waals surface area contributed by atoms with Crippen LogP contribution in [0, 0.1) is 13.8 Å². The molecule has 0 aliphatic heterocycles. The van der Waals surface area contributed by atoms with E-state index in [1.807, 2.05) is 32.0 Å². The summed E-state index contributed by atoms with van der Waals surface area (Å²) >= 11 is 0. The second-order valence-electron chi connectivity index (χ2n) is 7.36. The van der Waals surface area contributed by atoms with Crippen LogP contribution in [-0.4, -0.2) is 26.6 Å². The lowest BCUT2D eigenvalue weighted by Crippen LogP contribution is -2.48. The highest BCUT2D eigenvalue weighted by atomic mass is 32.2. The maximum absolute atomic E-state index is 13.1. The molecule has 0 saturated heterocycles. The van der Waals surface area contributed by atoms with E-state index in [9.17, 15) is 26.4 Å². The van der Waals surface area contributed by atoms with Crippen molar-refractivity contribution in [3.63, 3.8) is 0 Å². The third-order valence-corrected chi connectivity index (χ3v) is 6.15. The number of hydrogen-bond donors (Lipinski definition) is 1. The normalized spacial score (nSPS) is 14.1. The predicted octanol–water partition coefficient (Wildman–Crippen LogP) is 4.35. The van der Waals surface area contributed by atoms with Crippen molar-refractivity contribution in [3.05, 3.63) is 64.7 Å². The molecule has 0 heterocycles. The first-order valence-electron chi connectivity index (χ1n) is 9.26. The van der Waals surface area contributed by atoms with Gasteiger partial charge in [-0.25, -0.2) is 8.42 Å². The molecule has 0 bridgehead atoms. The Morgan fingerprint density at radius 1 is 1.03 bits per heavy atom. The third-order valence-electron chi connectivity index (χ3n) is 4.91. The van der Waals surface area contributed by atoms with Crippen molar-refractivity contribution in [3.8, 4) is 0 Å². The van der Waals surface area contributed by atoms with E-state index in [0.717, 1.165) is 41.1 Å². The van der Waals surface area contributed by atoms with Crippen LogP contribution >= 0.6 is 0 Å². The zero-order chi connectivity index (χ0) is 22.9. The largest absolute Gasteiger partial charge is 0.416 e. The summed E-state index contributed by atoms with van der Waals surface area (Å²) in [4.78, 5) is 12.8. The summed E-state index contributed by atoms with van der Waals surface area (Å²) < 4.78 is 64.6. The molecule has 5 nitrogen and oxygen atoms in total. The van der Waals surface area contributed by atoms with Crippen LogP contribution in [0.15, 0.2) is 42.5 Å². The first-order valence-corrected chi connectivity index (χ1v) is 11.1. The van der Waals surface area contributed by atoms with E-state index in [1.165, 1.54) is 13.0 Å². The van der Waals surface area contributed by atoms with Gasteiger partial charge in [0.15, 0.2) is 0 Å². The quantitative estimate of drug-likeness (QED) is 0.723. The molecule has 0 saturated carbocycles. The number of carbonyl (C=O) groups is 1. The number of anilines is 1. The Balaban J connectivity index is 2.32. The number of aryl methyl sites for hydroxylation is 2. The fourth-order valence-electron chi connectivity index (χ4n) is 3.08. The molecule has 2 unspecified atom stereocenters. The molecule has 2 aromatic rings. The Morgan fingerprint density at radius 3 is 2.20 bits per heavy atom. The molecule has 0 fully saturated rings. The molecule has 1 amide bonds. The van der Waals surface area contributed by atoms with Crippen LogP contribution in [-0.2, 0) is 21.0 Å². The first kappa shape index (κ1) is 23.7. The minimum absolute atomic E-state index is 0.228. The number of benzene rings is 2. The standard InChI is InChI=1S/C21H25F3N2O3S/c1-13-9-10-17(11-14(13)2)15(3)25-20(27)16(4)26(30(5,28)29)19-8-6-7-18(12-19)21(22,23)24/h6-12,15-16H,1-5H3,(H,25,27). The van der Waals surface area contributed by atoms with Crippen molar-refractivity contribution in [2.45, 2.75) is 46.0 Å². The number of nitrogens with one attached hydrogen (secondary N) is 1. The molecule has 0 radical (unpaired) electrons. The summed E-state index contributed by atoms with van der Waals surface area (Å²) in [6, 6.07) is 7.94. The lowest BCUT2D eigenvalue weighted by molar-refractivity contribution is -0.137. The van der Waals surface area contributed by atoms with Crippen LogP contribution < -0.4 is 9.62 Å². The Kier molecular flexibility index (Phi) is 6.86. The van der Waals surface area contributed by atoms with E-state index < -0.39 is 39.8 Å². The molecule has 2 atom stereocenters. The Bertz CT molecular complexity index is 1040. The minimum atomic E-state index is -4.64. The smallest absolute Gasteiger partial charge is 0.348 e. The second kappa shape index (κ2) is 8.67. The summed E-state index contributed by atoms with van der Waals surface area (Å²) in [6.07, 6.45) is -3.79. The van der Waals surface area contributed by atoms with E-state index in [4.69, 9.17) is 0 Å². The number of nitrogens with zero attached hydrogens (tertiary/aromatic N) is 1. The van der Waals surface area contributed by atoms with E-state index in [-0.39, 0.29) is 5.69 Å². The summed E-state index contributed by atoms with van der Waals surface area (Å²) in [6.45, 7) is 6.99. The Labute approximate surface area is 175 Å². The highest BCUT2D eigenvalue weighted by Gasteiger charge is 2.34. The molecule has 1 N–H and O–H groups in total. The number of alkyl halides is 3. The van der Waals surface area contributed by atoms with E-state index in [1.54, 1.807) is 6.92 Å². The first-order chi connectivity index (χ1) is 13.7. The summed E-state index contributed by atoms with van der Waals surface area (Å²) in [7, 11) is -4.03. The van der Waals surface area contributed by atoms with Gasteiger partial charge < -0.3 is 5.32 Å². The van der Waals surface area contributed by atoms with Gasteiger partial charge in [-0.3, -0.25) is 9.10 Å². The van der Waals surface area contributed by atoms with Crippen molar-refractivity contribution in [2.24, 2.45) is 0 Å². The van der Waals surface area contributed by atoms with E-state index in [0.29, 0.717) is 4.31 Å². The molecule has 0 aliphatic rings. The number of halogens is 3. The predicted molar refractivity (Wildman–Crippen MR) is 111 cm³/mol. The average Bonchev–Trinajstić information content (AvgIpc) is 2.62. The molecular weight excluding hydrogens is 417 g/mol. The maximum atomic E-state index is 13.1. The molecule has 9 heteroatoms. The number of carbonyl (C=O) groups excluding carboxylic acids is 1. The van der Waals surface area contributed by atoms with Gasteiger partial charge in [0.1, 0.15) is 6.04 Å². The van der Waals surface area contributed by atoms with Gasteiger partial charge in [0, 0.05) is 0 Å². The monoisotopic (exact) mass is 442 g/mol. The number of rotatable bonds is 6. The SMILES string of the molecule is Cc1ccc(C(C)NC(=O)C(C)N(c2cccc(C(F)(F)F)c2)S(C)(=O)=O)cc1C. The van der Waals surface area contributed by atoms with Crippen LogP contribution in [0.3, 0.4) is 0 Å². The maximum Gasteiger partial charge on any atom is 0.416 e. The summed E-state index contributed by atoms with van der Waals surface area (Å²) in [5, 5.41) is 2.74. The van der Waals surface area contributed by atoms with Gasteiger partial charge in [-0.2, -0.15) is 13.2 Å². The molecule has 164 valence electrons. The van der Waals surface area contributed by atoms with Gasteiger partial charge in [-0.1, -0.05) is 24.3 Å². The number of sulfonamides is 1. The molecule has 30 heavy (non-hydrogen) atoms. The number of hydrogen-bond acceptors (Lipinski definition) is 3. The van der Waals surface area contributed by atoms with Crippen LogP contribution in [0.2, 0.25) is 0 Å². The lowest BCUT2D eigenvalue weighted by Gasteiger charge is -2.29. The van der Waals surface area contributed by atoms with E-state index >= 15 is 0 Å². The lowest BCUT2D eigenvalue weighted by atomic mass is 10.0. The third kappa shape index (κ3) is 5.53. The zero-order valence-electron chi connectivity index (χ0n) is 17.4. The fraction of sp³-hybridized carbons (Fsp3) is 0.381. The van der Waals surface area contributed by atoms with Gasteiger partial charge in [0.05, 0.1) is 23.5 Å². The average molecular weight is 443 g/mol. The van der Waals surface area contributed by atoms with Crippen LogP contribution in [0.1, 0.15) is 42.1 Å². The topological polar surface area (TPSA) is 66.5 Å². The van der Waals surface area contributed by atoms with Crippen molar-refractivity contribution in [1.29, 1.82) is 0 Å². The van der Waals surface area contributed by atoms with Crippen LogP contribution in [0.4, 0.5) is 18.9 Å². The zero-order valence-corrected chi connectivity index (χ0v) is 18.2. The van der Waals surface area contributed by atoms with Crippen molar-refractivity contribution < 1.29 is 26.4 Å². The molecular formula is C21H25F3N2O3S. The van der Waals surface area contributed by atoms with Crippen molar-refractivity contribution >= 4 is 21.6 Å². The van der Waals surface area contributed by atoms with E-state index in [2.05, 4.69) is 5.32 Å². The molecule has 0 aliphatic carbocycles. The van der Waals surface area contributed by atoms with Crippen molar-refractivity contribution in [1.82, 2.24) is 5.32 Å². The van der Waals surface area contributed by atoms with Gasteiger partial charge in [-0.05, 0) is 62.6 Å². The van der Waals surface area contributed by atoms with Crippen LogP contribution in [0.25, 0.3) is 0 Å². The number of amides is 1.